The first-order chi connectivity index (χ1) is 7.24. The molecule has 1 amide bonds. The van der Waals surface area contributed by atoms with Gasteiger partial charge in [-0.05, 0) is 18.2 Å². The number of halogens is 1. The number of hydrogen-bond donors (Lipinski definition) is 2. The smallest absolute Gasteiger partial charge is 0.225 e. The van der Waals surface area contributed by atoms with Crippen molar-refractivity contribution in [2.24, 2.45) is 5.73 Å². The zero-order valence-corrected chi connectivity index (χ0v) is 9.84. The molecular weight excluding hydrogens is 228 g/mol. The van der Waals surface area contributed by atoms with Crippen molar-refractivity contribution in [2.45, 2.75) is 12.3 Å². The van der Waals surface area contributed by atoms with E-state index in [0.29, 0.717) is 13.0 Å². The van der Waals surface area contributed by atoms with E-state index >= 15 is 0 Å². The Bertz CT molecular complexity index is 396. The van der Waals surface area contributed by atoms with Crippen LogP contribution in [-0.4, -0.2) is 19.6 Å². The van der Waals surface area contributed by atoms with Crippen LogP contribution >= 0.6 is 12.4 Å². The second-order valence-corrected chi connectivity index (χ2v) is 3.64. The molecule has 16 heavy (non-hydrogen) atoms. The van der Waals surface area contributed by atoms with Gasteiger partial charge in [-0.15, -0.1) is 12.4 Å². The summed E-state index contributed by atoms with van der Waals surface area (Å²) in [5.74, 6) is 0.887. The summed E-state index contributed by atoms with van der Waals surface area (Å²) in [6, 6.07) is 5.68. The molecule has 1 aromatic carbocycles. The maximum absolute atomic E-state index is 11.4. The highest BCUT2D eigenvalue weighted by Crippen LogP contribution is 2.33. The number of benzene rings is 1. The van der Waals surface area contributed by atoms with Crippen LogP contribution in [0.5, 0.6) is 5.75 Å². The van der Waals surface area contributed by atoms with Crippen LogP contribution in [0.15, 0.2) is 18.2 Å². The zero-order chi connectivity index (χ0) is 10.8. The van der Waals surface area contributed by atoms with Gasteiger partial charge in [0, 0.05) is 24.1 Å². The average Bonchev–Trinajstić information content (AvgIpc) is 2.26. The van der Waals surface area contributed by atoms with Gasteiger partial charge in [0.25, 0.3) is 0 Å². The predicted octanol–water partition coefficient (Wildman–Crippen LogP) is 1.50. The summed E-state index contributed by atoms with van der Waals surface area (Å²) in [5, 5.41) is 2.82. The molecule has 0 bridgehead atoms. The molecule has 0 unspecified atom stereocenters. The molecule has 88 valence electrons. The fourth-order valence-corrected chi connectivity index (χ4v) is 1.87. The normalized spacial score (nSPS) is 18.1. The minimum atomic E-state index is 0. The van der Waals surface area contributed by atoms with Crippen molar-refractivity contribution in [1.82, 2.24) is 0 Å². The predicted molar refractivity (Wildman–Crippen MR) is 65.3 cm³/mol. The molecule has 5 heteroatoms. The first kappa shape index (κ1) is 12.8. The molecule has 0 saturated carbocycles. The third-order valence-electron chi connectivity index (χ3n) is 2.69. The number of fused-ring (bicyclic) bond motifs is 1. The summed E-state index contributed by atoms with van der Waals surface area (Å²) in [7, 11) is 1.60. The van der Waals surface area contributed by atoms with Crippen molar-refractivity contribution >= 4 is 24.0 Å². The van der Waals surface area contributed by atoms with Gasteiger partial charge in [0.15, 0.2) is 0 Å². The Kier molecular flexibility index (Phi) is 4.15. The molecule has 2 rings (SSSR count). The van der Waals surface area contributed by atoms with Crippen LogP contribution in [0.4, 0.5) is 5.69 Å². The molecule has 0 spiro atoms. The zero-order valence-electron chi connectivity index (χ0n) is 9.03. The van der Waals surface area contributed by atoms with Crippen molar-refractivity contribution in [3.8, 4) is 5.75 Å². The lowest BCUT2D eigenvalue weighted by molar-refractivity contribution is -0.116. The molecule has 0 aromatic heterocycles. The number of carbonyl (C=O) groups is 1. The quantitative estimate of drug-likeness (QED) is 0.826. The van der Waals surface area contributed by atoms with E-state index < -0.39 is 0 Å². The molecule has 0 aliphatic carbocycles. The molecule has 1 aromatic rings. The lowest BCUT2D eigenvalue weighted by Gasteiger charge is -2.24. The van der Waals surface area contributed by atoms with E-state index in [2.05, 4.69) is 5.32 Å². The van der Waals surface area contributed by atoms with Crippen LogP contribution in [0.1, 0.15) is 17.9 Å². The maximum atomic E-state index is 11.4. The monoisotopic (exact) mass is 242 g/mol. The van der Waals surface area contributed by atoms with Crippen LogP contribution in [0, 0.1) is 0 Å². The molecule has 1 aliphatic rings. The van der Waals surface area contributed by atoms with Crippen molar-refractivity contribution in [1.29, 1.82) is 0 Å². The van der Waals surface area contributed by atoms with Gasteiger partial charge in [-0.1, -0.05) is 6.07 Å². The SMILES string of the molecule is COc1ccc2c(c1)NC(=O)C[C@@H]2CN.Cl. The third kappa shape index (κ3) is 2.28. The van der Waals surface area contributed by atoms with Gasteiger partial charge in [0.05, 0.1) is 7.11 Å². The van der Waals surface area contributed by atoms with Crippen molar-refractivity contribution in [3.63, 3.8) is 0 Å². The molecule has 0 fully saturated rings. The molecule has 0 saturated heterocycles. The summed E-state index contributed by atoms with van der Waals surface area (Å²) in [4.78, 5) is 11.4. The number of nitrogens with one attached hydrogen (secondary N) is 1. The fraction of sp³-hybridized carbons (Fsp3) is 0.364. The fourth-order valence-electron chi connectivity index (χ4n) is 1.87. The van der Waals surface area contributed by atoms with Gasteiger partial charge in [-0.25, -0.2) is 0 Å². The van der Waals surface area contributed by atoms with E-state index in [1.807, 2.05) is 18.2 Å². The first-order valence-electron chi connectivity index (χ1n) is 4.92. The number of hydrogen-bond acceptors (Lipinski definition) is 3. The number of carbonyl (C=O) groups excluding carboxylic acids is 1. The van der Waals surface area contributed by atoms with Gasteiger partial charge in [-0.3, -0.25) is 4.79 Å². The van der Waals surface area contributed by atoms with Crippen LogP contribution < -0.4 is 15.8 Å². The molecule has 1 atom stereocenters. The summed E-state index contributed by atoms with van der Waals surface area (Å²) >= 11 is 0. The Balaban J connectivity index is 0.00000128. The van der Waals surface area contributed by atoms with Gasteiger partial charge in [0.2, 0.25) is 5.91 Å². The van der Waals surface area contributed by atoms with Crippen LogP contribution in [0.3, 0.4) is 0 Å². The van der Waals surface area contributed by atoms with E-state index in [1.54, 1.807) is 7.11 Å². The minimum absolute atomic E-state index is 0. The molecule has 1 heterocycles. The van der Waals surface area contributed by atoms with Crippen molar-refractivity contribution in [3.05, 3.63) is 23.8 Å². The Labute approximate surface area is 101 Å². The average molecular weight is 243 g/mol. The molecule has 4 nitrogen and oxygen atoms in total. The van der Waals surface area contributed by atoms with Gasteiger partial charge in [0.1, 0.15) is 5.75 Å². The van der Waals surface area contributed by atoms with Crippen LogP contribution in [0.25, 0.3) is 0 Å². The number of nitrogens with two attached hydrogens (primary N) is 1. The minimum Gasteiger partial charge on any atom is -0.497 e. The second-order valence-electron chi connectivity index (χ2n) is 3.64. The second kappa shape index (κ2) is 5.18. The van der Waals surface area contributed by atoms with E-state index in [1.165, 1.54) is 0 Å². The molecule has 3 N–H and O–H groups in total. The summed E-state index contributed by atoms with van der Waals surface area (Å²) in [6.07, 6.45) is 0.468. The largest absolute Gasteiger partial charge is 0.497 e. The Morgan fingerprint density at radius 1 is 1.56 bits per heavy atom. The number of anilines is 1. The summed E-state index contributed by atoms with van der Waals surface area (Å²) < 4.78 is 5.10. The maximum Gasteiger partial charge on any atom is 0.225 e. The Morgan fingerprint density at radius 3 is 2.94 bits per heavy atom. The Hall–Kier alpha value is -1.26. The third-order valence-corrected chi connectivity index (χ3v) is 2.69. The van der Waals surface area contributed by atoms with Gasteiger partial charge >= 0.3 is 0 Å². The van der Waals surface area contributed by atoms with Gasteiger partial charge < -0.3 is 15.8 Å². The van der Waals surface area contributed by atoms with E-state index in [-0.39, 0.29) is 24.2 Å². The van der Waals surface area contributed by atoms with Crippen LogP contribution in [-0.2, 0) is 4.79 Å². The standard InChI is InChI=1S/C11H14N2O2.ClH/c1-15-8-2-3-9-7(6-12)4-11(14)13-10(9)5-8;/h2-3,5,7H,4,6,12H2,1H3,(H,13,14);1H/t7-;/m1./s1. The molecule has 0 radical (unpaired) electrons. The Morgan fingerprint density at radius 2 is 2.31 bits per heavy atom. The molecule has 1 aliphatic heterocycles. The van der Waals surface area contributed by atoms with E-state index in [9.17, 15) is 4.79 Å². The lowest BCUT2D eigenvalue weighted by Crippen LogP contribution is -2.27. The summed E-state index contributed by atoms with van der Waals surface area (Å²) in [6.45, 7) is 0.493. The van der Waals surface area contributed by atoms with Crippen molar-refractivity contribution < 1.29 is 9.53 Å². The molecular formula is C11H15ClN2O2. The highest BCUT2D eigenvalue weighted by Gasteiger charge is 2.24. The van der Waals surface area contributed by atoms with Gasteiger partial charge in [-0.2, -0.15) is 0 Å². The number of amides is 1. The number of ether oxygens (including phenoxy) is 1. The highest BCUT2D eigenvalue weighted by atomic mass is 35.5. The number of rotatable bonds is 2. The van der Waals surface area contributed by atoms with Crippen LogP contribution in [0.2, 0.25) is 0 Å². The lowest BCUT2D eigenvalue weighted by atomic mass is 9.90. The van der Waals surface area contributed by atoms with E-state index in [0.717, 1.165) is 17.0 Å². The first-order valence-corrected chi connectivity index (χ1v) is 4.92. The summed E-state index contributed by atoms with van der Waals surface area (Å²) in [5.41, 5.74) is 7.56. The highest BCUT2D eigenvalue weighted by molar-refractivity contribution is 5.95. The number of methoxy groups -OCH3 is 1. The topological polar surface area (TPSA) is 64.3 Å². The van der Waals surface area contributed by atoms with Crippen molar-refractivity contribution in [2.75, 3.05) is 19.0 Å². The van der Waals surface area contributed by atoms with E-state index in [4.69, 9.17) is 10.5 Å².